The summed E-state index contributed by atoms with van der Waals surface area (Å²) in [5.74, 6) is -0.895. The van der Waals surface area contributed by atoms with Gasteiger partial charge in [0.15, 0.2) is 0 Å². The molecule has 1 aromatic rings. The second-order valence-electron chi connectivity index (χ2n) is 3.76. The fourth-order valence-electron chi connectivity index (χ4n) is 1.90. The molecule has 4 nitrogen and oxygen atoms in total. The highest BCUT2D eigenvalue weighted by atomic mass is 16.5. The van der Waals surface area contributed by atoms with Crippen LogP contribution < -0.4 is 4.74 Å². The molecule has 4 heteroatoms. The lowest BCUT2D eigenvalue weighted by Crippen LogP contribution is -2.12. The molecule has 0 fully saturated rings. The molecule has 0 aromatic heterocycles. The first kappa shape index (κ1) is 10.7. The van der Waals surface area contributed by atoms with E-state index in [2.05, 4.69) is 0 Å². The van der Waals surface area contributed by atoms with Gasteiger partial charge in [0, 0.05) is 12.8 Å². The number of fused-ring (bicyclic) bond motifs is 1. The fraction of sp³-hybridized carbons (Fsp3) is 0.333. The number of carbonyl (C=O) groups excluding carboxylic acids is 1. The number of hydrogen-bond donors (Lipinski definition) is 1. The maximum atomic E-state index is 11.0. The third kappa shape index (κ3) is 1.91. The third-order valence-electron chi connectivity index (χ3n) is 2.75. The van der Waals surface area contributed by atoms with Gasteiger partial charge in [0.1, 0.15) is 12.0 Å². The average Bonchev–Trinajstić information content (AvgIpc) is 2.72. The second kappa shape index (κ2) is 4.35. The summed E-state index contributed by atoms with van der Waals surface area (Å²) in [5.41, 5.74) is 1.69. The Morgan fingerprint density at radius 3 is 3.06 bits per heavy atom. The number of benzene rings is 1. The molecular weight excluding hydrogens is 208 g/mol. The van der Waals surface area contributed by atoms with E-state index in [9.17, 15) is 9.59 Å². The van der Waals surface area contributed by atoms with Crippen molar-refractivity contribution in [2.24, 2.45) is 0 Å². The van der Waals surface area contributed by atoms with Gasteiger partial charge in [-0.15, -0.1) is 0 Å². The summed E-state index contributed by atoms with van der Waals surface area (Å²) < 4.78 is 5.34. The summed E-state index contributed by atoms with van der Waals surface area (Å²) in [7, 11) is 0. The van der Waals surface area contributed by atoms with Gasteiger partial charge in [-0.1, -0.05) is 12.1 Å². The molecule has 0 amide bonds. The predicted octanol–water partition coefficient (Wildman–Crippen LogP) is 1.38. The van der Waals surface area contributed by atoms with E-state index in [4.69, 9.17) is 9.84 Å². The minimum Gasteiger partial charge on any atom is -0.493 e. The number of rotatable bonds is 4. The lowest BCUT2D eigenvalue weighted by Gasteiger charge is -2.10. The van der Waals surface area contributed by atoms with Gasteiger partial charge in [0.05, 0.1) is 12.5 Å². The van der Waals surface area contributed by atoms with Crippen LogP contribution in [0, 0.1) is 0 Å². The zero-order valence-corrected chi connectivity index (χ0v) is 8.68. The Labute approximate surface area is 92.8 Å². The number of aldehydes is 1. The van der Waals surface area contributed by atoms with Crippen molar-refractivity contribution in [1.29, 1.82) is 0 Å². The van der Waals surface area contributed by atoms with E-state index >= 15 is 0 Å². The van der Waals surface area contributed by atoms with Gasteiger partial charge in [-0.3, -0.25) is 4.79 Å². The van der Waals surface area contributed by atoms with E-state index in [0.717, 1.165) is 17.7 Å². The molecule has 0 aliphatic carbocycles. The number of hydrogen-bond acceptors (Lipinski definition) is 3. The minimum absolute atomic E-state index is 0.00891. The monoisotopic (exact) mass is 220 g/mol. The van der Waals surface area contributed by atoms with E-state index in [1.54, 1.807) is 12.1 Å². The zero-order chi connectivity index (χ0) is 11.5. The second-order valence-corrected chi connectivity index (χ2v) is 3.76. The lowest BCUT2D eigenvalue weighted by molar-refractivity contribution is -0.139. The standard InChI is InChI=1S/C12H12O4/c13-5-3-10(12(14)15)8-1-2-11-9(7-8)4-6-16-11/h1-2,5,7,10H,3-4,6H2,(H,14,15). The number of carbonyl (C=O) groups is 2. The van der Waals surface area contributed by atoms with Crippen LogP contribution >= 0.6 is 0 Å². The maximum Gasteiger partial charge on any atom is 0.311 e. The Kier molecular flexibility index (Phi) is 2.90. The van der Waals surface area contributed by atoms with Gasteiger partial charge in [0.25, 0.3) is 0 Å². The van der Waals surface area contributed by atoms with Crippen LogP contribution in [0.15, 0.2) is 18.2 Å². The van der Waals surface area contributed by atoms with Gasteiger partial charge in [-0.2, -0.15) is 0 Å². The number of carboxylic acids is 1. The van der Waals surface area contributed by atoms with Crippen LogP contribution in [-0.4, -0.2) is 24.0 Å². The van der Waals surface area contributed by atoms with Crippen LogP contribution in [0.5, 0.6) is 5.75 Å². The number of aliphatic carboxylic acids is 1. The molecule has 1 aliphatic rings. The van der Waals surface area contributed by atoms with E-state index in [-0.39, 0.29) is 6.42 Å². The Morgan fingerprint density at radius 1 is 1.56 bits per heavy atom. The molecule has 0 radical (unpaired) electrons. The molecule has 84 valence electrons. The van der Waals surface area contributed by atoms with Crippen molar-refractivity contribution >= 4 is 12.3 Å². The summed E-state index contributed by atoms with van der Waals surface area (Å²) in [6.45, 7) is 0.643. The normalized spacial score (nSPS) is 15.0. The summed E-state index contributed by atoms with van der Waals surface area (Å²) in [4.78, 5) is 21.4. The molecule has 0 saturated heterocycles. The first-order chi connectivity index (χ1) is 7.72. The highest BCUT2D eigenvalue weighted by Crippen LogP contribution is 2.29. The highest BCUT2D eigenvalue weighted by Gasteiger charge is 2.21. The molecule has 1 unspecified atom stereocenters. The largest absolute Gasteiger partial charge is 0.493 e. The van der Waals surface area contributed by atoms with Crippen LogP contribution in [0.4, 0.5) is 0 Å². The van der Waals surface area contributed by atoms with Gasteiger partial charge >= 0.3 is 5.97 Å². The average molecular weight is 220 g/mol. The van der Waals surface area contributed by atoms with Crippen molar-refractivity contribution in [3.8, 4) is 5.75 Å². The first-order valence-electron chi connectivity index (χ1n) is 5.14. The minimum atomic E-state index is -0.967. The molecule has 0 bridgehead atoms. The Hall–Kier alpha value is -1.84. The van der Waals surface area contributed by atoms with E-state index in [0.29, 0.717) is 18.5 Å². The first-order valence-corrected chi connectivity index (χ1v) is 5.14. The SMILES string of the molecule is O=CCC(C(=O)O)c1ccc2c(c1)CCO2. The number of carboxylic acid groups (broad SMARTS) is 1. The fourth-order valence-corrected chi connectivity index (χ4v) is 1.90. The molecule has 0 saturated carbocycles. The molecule has 1 aliphatic heterocycles. The van der Waals surface area contributed by atoms with Gasteiger partial charge in [0.2, 0.25) is 0 Å². The van der Waals surface area contributed by atoms with Crippen LogP contribution in [0.1, 0.15) is 23.5 Å². The molecule has 16 heavy (non-hydrogen) atoms. The summed E-state index contributed by atoms with van der Waals surface area (Å²) in [6.07, 6.45) is 1.45. The van der Waals surface area contributed by atoms with Crippen molar-refractivity contribution in [2.45, 2.75) is 18.8 Å². The van der Waals surface area contributed by atoms with E-state index < -0.39 is 11.9 Å². The molecule has 1 heterocycles. The maximum absolute atomic E-state index is 11.0. The topological polar surface area (TPSA) is 63.6 Å². The van der Waals surface area contributed by atoms with Crippen LogP contribution in [0.25, 0.3) is 0 Å². The lowest BCUT2D eigenvalue weighted by atomic mass is 9.94. The third-order valence-corrected chi connectivity index (χ3v) is 2.75. The molecule has 1 N–H and O–H groups in total. The smallest absolute Gasteiger partial charge is 0.311 e. The summed E-state index contributed by atoms with van der Waals surface area (Å²) in [5, 5.41) is 9.02. The molecular formula is C12H12O4. The van der Waals surface area contributed by atoms with E-state index in [1.807, 2.05) is 6.07 Å². The Bertz CT molecular complexity index is 425. The van der Waals surface area contributed by atoms with Crippen LogP contribution in [-0.2, 0) is 16.0 Å². The molecule has 1 aromatic carbocycles. The van der Waals surface area contributed by atoms with Crippen LogP contribution in [0.3, 0.4) is 0 Å². The predicted molar refractivity (Wildman–Crippen MR) is 56.7 cm³/mol. The Morgan fingerprint density at radius 2 is 2.38 bits per heavy atom. The van der Waals surface area contributed by atoms with Crippen molar-refractivity contribution in [1.82, 2.24) is 0 Å². The van der Waals surface area contributed by atoms with Gasteiger partial charge in [-0.05, 0) is 17.2 Å². The van der Waals surface area contributed by atoms with Gasteiger partial charge < -0.3 is 14.6 Å². The number of ether oxygens (including phenoxy) is 1. The quantitative estimate of drug-likeness (QED) is 0.778. The molecule has 2 rings (SSSR count). The van der Waals surface area contributed by atoms with Crippen molar-refractivity contribution in [2.75, 3.05) is 6.61 Å². The van der Waals surface area contributed by atoms with Crippen molar-refractivity contribution < 1.29 is 19.4 Å². The Balaban J connectivity index is 2.31. The molecule has 0 spiro atoms. The summed E-state index contributed by atoms with van der Waals surface area (Å²) >= 11 is 0. The molecule has 1 atom stereocenters. The highest BCUT2D eigenvalue weighted by molar-refractivity contribution is 5.79. The van der Waals surface area contributed by atoms with Crippen LogP contribution in [0.2, 0.25) is 0 Å². The van der Waals surface area contributed by atoms with Gasteiger partial charge in [-0.25, -0.2) is 0 Å². The zero-order valence-electron chi connectivity index (χ0n) is 8.68. The van der Waals surface area contributed by atoms with Crippen molar-refractivity contribution in [3.63, 3.8) is 0 Å². The summed E-state index contributed by atoms with van der Waals surface area (Å²) in [6, 6.07) is 5.31. The van der Waals surface area contributed by atoms with E-state index in [1.165, 1.54) is 0 Å². The van der Waals surface area contributed by atoms with Crippen molar-refractivity contribution in [3.05, 3.63) is 29.3 Å².